The molecule has 2 aromatic rings. The number of hydrogen-bond donors (Lipinski definition) is 2. The zero-order valence-electron chi connectivity index (χ0n) is 10.2. The minimum absolute atomic E-state index is 0.241. The number of aryl methyl sites for hydroxylation is 1. The van der Waals surface area contributed by atoms with E-state index in [1.54, 1.807) is 24.3 Å². The number of aromatic nitrogens is 1. The van der Waals surface area contributed by atoms with Crippen molar-refractivity contribution in [2.24, 2.45) is 0 Å². The predicted octanol–water partition coefficient (Wildman–Crippen LogP) is 2.96. The number of benzene rings is 1. The largest absolute Gasteiger partial charge is 0.477 e. The predicted molar refractivity (Wildman–Crippen MR) is 73.8 cm³/mol. The molecule has 0 fully saturated rings. The summed E-state index contributed by atoms with van der Waals surface area (Å²) in [6, 6.07) is 8.44. The van der Waals surface area contributed by atoms with Crippen molar-refractivity contribution in [2.75, 3.05) is 0 Å². The summed E-state index contributed by atoms with van der Waals surface area (Å²) < 4.78 is 0. The van der Waals surface area contributed by atoms with Crippen molar-refractivity contribution in [3.05, 3.63) is 56.8 Å². The van der Waals surface area contributed by atoms with E-state index in [1.807, 2.05) is 6.92 Å². The molecule has 5 heteroatoms. The molecule has 0 atom stereocenters. The van der Waals surface area contributed by atoms with Gasteiger partial charge in [-0.2, -0.15) is 0 Å². The summed E-state index contributed by atoms with van der Waals surface area (Å²) in [5.74, 6) is -1.22. The Bertz CT molecular complexity index is 674. The molecule has 0 spiro atoms. The summed E-state index contributed by atoms with van der Waals surface area (Å²) in [5.41, 5.74) is 1.37. The highest BCUT2D eigenvalue weighted by molar-refractivity contribution is 6.30. The molecule has 1 aromatic carbocycles. The van der Waals surface area contributed by atoms with Gasteiger partial charge in [0.05, 0.1) is 5.69 Å². The number of nitrogens with one attached hydrogen (secondary N) is 1. The number of H-pyrrole nitrogens is 1. The average molecular weight is 278 g/mol. The molecule has 2 N–H and O–H groups in total. The number of rotatable bonds is 3. The van der Waals surface area contributed by atoms with Crippen LogP contribution in [0.5, 0.6) is 0 Å². The van der Waals surface area contributed by atoms with Crippen molar-refractivity contribution < 1.29 is 9.90 Å². The smallest absolute Gasteiger partial charge is 0.341 e. The molecule has 0 aliphatic heterocycles. The van der Waals surface area contributed by atoms with E-state index in [0.29, 0.717) is 17.1 Å². The first-order valence-electron chi connectivity index (χ1n) is 5.78. The molecule has 98 valence electrons. The van der Waals surface area contributed by atoms with Gasteiger partial charge in [-0.3, -0.25) is 4.79 Å². The summed E-state index contributed by atoms with van der Waals surface area (Å²) in [7, 11) is 0. The van der Waals surface area contributed by atoms with Gasteiger partial charge in [0.2, 0.25) is 0 Å². The normalized spacial score (nSPS) is 10.4. The van der Waals surface area contributed by atoms with Gasteiger partial charge in [-0.15, -0.1) is 0 Å². The lowest BCUT2D eigenvalue weighted by Crippen LogP contribution is -2.19. The van der Waals surface area contributed by atoms with Gasteiger partial charge >= 0.3 is 5.97 Å². The summed E-state index contributed by atoms with van der Waals surface area (Å²) in [6.45, 7) is 1.90. The molecule has 1 heterocycles. The van der Waals surface area contributed by atoms with Crippen LogP contribution >= 0.6 is 11.6 Å². The maximum absolute atomic E-state index is 11.7. The Morgan fingerprint density at radius 2 is 1.95 bits per heavy atom. The average Bonchev–Trinajstić information content (AvgIpc) is 2.39. The van der Waals surface area contributed by atoms with Gasteiger partial charge in [0, 0.05) is 5.02 Å². The van der Waals surface area contributed by atoms with E-state index in [1.165, 1.54) is 6.07 Å². The SMILES string of the molecule is CCc1cc(C(=O)O)c(=O)[nH]c1-c1ccc(Cl)cc1. The Morgan fingerprint density at radius 1 is 1.32 bits per heavy atom. The molecule has 2 rings (SSSR count). The Labute approximate surface area is 114 Å². The highest BCUT2D eigenvalue weighted by atomic mass is 35.5. The first-order valence-corrected chi connectivity index (χ1v) is 6.16. The summed E-state index contributed by atoms with van der Waals surface area (Å²) in [4.78, 5) is 25.3. The maximum Gasteiger partial charge on any atom is 0.341 e. The maximum atomic E-state index is 11.7. The zero-order chi connectivity index (χ0) is 14.0. The van der Waals surface area contributed by atoms with E-state index in [4.69, 9.17) is 16.7 Å². The number of halogens is 1. The summed E-state index contributed by atoms with van der Waals surface area (Å²) in [6.07, 6.45) is 0.620. The van der Waals surface area contributed by atoms with Crippen LogP contribution in [-0.4, -0.2) is 16.1 Å². The van der Waals surface area contributed by atoms with Crippen LogP contribution in [-0.2, 0) is 6.42 Å². The lowest BCUT2D eigenvalue weighted by Gasteiger charge is -2.09. The van der Waals surface area contributed by atoms with Gasteiger partial charge < -0.3 is 10.1 Å². The molecule has 0 unspecified atom stereocenters. The monoisotopic (exact) mass is 277 g/mol. The second-order valence-corrected chi connectivity index (χ2v) is 4.51. The summed E-state index contributed by atoms with van der Waals surface area (Å²) >= 11 is 5.82. The van der Waals surface area contributed by atoms with E-state index < -0.39 is 11.5 Å². The van der Waals surface area contributed by atoms with Crippen molar-refractivity contribution in [3.8, 4) is 11.3 Å². The number of carboxylic acid groups (broad SMARTS) is 1. The molecule has 0 saturated heterocycles. The van der Waals surface area contributed by atoms with Crippen molar-refractivity contribution in [2.45, 2.75) is 13.3 Å². The van der Waals surface area contributed by atoms with Gasteiger partial charge in [0.25, 0.3) is 5.56 Å². The number of aromatic carboxylic acids is 1. The fourth-order valence-corrected chi connectivity index (χ4v) is 2.01. The lowest BCUT2D eigenvalue weighted by molar-refractivity contribution is 0.0695. The van der Waals surface area contributed by atoms with Crippen LogP contribution in [0.1, 0.15) is 22.8 Å². The van der Waals surface area contributed by atoms with Crippen LogP contribution in [0.2, 0.25) is 5.02 Å². The lowest BCUT2D eigenvalue weighted by atomic mass is 10.0. The van der Waals surface area contributed by atoms with Gasteiger partial charge in [-0.25, -0.2) is 4.79 Å². The van der Waals surface area contributed by atoms with E-state index in [9.17, 15) is 9.59 Å². The molecule has 19 heavy (non-hydrogen) atoms. The van der Waals surface area contributed by atoms with Crippen LogP contribution < -0.4 is 5.56 Å². The molecule has 0 aliphatic rings. The van der Waals surface area contributed by atoms with Gasteiger partial charge in [-0.1, -0.05) is 30.7 Å². The van der Waals surface area contributed by atoms with Crippen LogP contribution in [0.3, 0.4) is 0 Å². The quantitative estimate of drug-likeness (QED) is 0.906. The fourth-order valence-electron chi connectivity index (χ4n) is 1.88. The third-order valence-electron chi connectivity index (χ3n) is 2.87. The van der Waals surface area contributed by atoms with Crippen molar-refractivity contribution >= 4 is 17.6 Å². The molecule has 0 bridgehead atoms. The molecule has 0 aliphatic carbocycles. The van der Waals surface area contributed by atoms with Gasteiger partial charge in [0.1, 0.15) is 5.56 Å². The van der Waals surface area contributed by atoms with Crippen molar-refractivity contribution in [1.82, 2.24) is 4.98 Å². The van der Waals surface area contributed by atoms with E-state index in [-0.39, 0.29) is 5.56 Å². The van der Waals surface area contributed by atoms with Crippen LogP contribution in [0, 0.1) is 0 Å². The fraction of sp³-hybridized carbons (Fsp3) is 0.143. The van der Waals surface area contributed by atoms with Crippen molar-refractivity contribution in [1.29, 1.82) is 0 Å². The van der Waals surface area contributed by atoms with Gasteiger partial charge in [0.15, 0.2) is 0 Å². The zero-order valence-corrected chi connectivity index (χ0v) is 11.0. The molecule has 0 saturated carbocycles. The highest BCUT2D eigenvalue weighted by Crippen LogP contribution is 2.23. The number of carbonyl (C=O) groups is 1. The molecule has 1 aromatic heterocycles. The van der Waals surface area contributed by atoms with Crippen molar-refractivity contribution in [3.63, 3.8) is 0 Å². The second kappa shape index (κ2) is 5.28. The van der Waals surface area contributed by atoms with E-state index >= 15 is 0 Å². The molecular formula is C14H12ClNO3. The number of aromatic amines is 1. The van der Waals surface area contributed by atoms with E-state index in [0.717, 1.165) is 11.1 Å². The third kappa shape index (κ3) is 2.69. The second-order valence-electron chi connectivity index (χ2n) is 4.08. The number of carboxylic acids is 1. The van der Waals surface area contributed by atoms with Crippen LogP contribution in [0.4, 0.5) is 0 Å². The molecule has 0 amide bonds. The number of hydrogen-bond acceptors (Lipinski definition) is 2. The molecular weight excluding hydrogens is 266 g/mol. The topological polar surface area (TPSA) is 70.2 Å². The number of pyridine rings is 1. The molecule has 4 nitrogen and oxygen atoms in total. The molecule has 0 radical (unpaired) electrons. The standard InChI is InChI=1S/C14H12ClNO3/c1-2-8-7-11(14(18)19)13(17)16-12(8)9-3-5-10(15)6-4-9/h3-7H,2H2,1H3,(H,16,17)(H,18,19). The Kier molecular flexibility index (Phi) is 3.71. The van der Waals surface area contributed by atoms with Gasteiger partial charge in [-0.05, 0) is 35.7 Å². The third-order valence-corrected chi connectivity index (χ3v) is 3.12. The summed E-state index contributed by atoms with van der Waals surface area (Å²) in [5, 5.41) is 9.55. The Hall–Kier alpha value is -2.07. The minimum atomic E-state index is -1.22. The van der Waals surface area contributed by atoms with E-state index in [2.05, 4.69) is 4.98 Å². The Morgan fingerprint density at radius 3 is 2.47 bits per heavy atom. The first-order chi connectivity index (χ1) is 9.02. The van der Waals surface area contributed by atoms with Crippen LogP contribution in [0.15, 0.2) is 35.1 Å². The Balaban J connectivity index is 2.63. The first kappa shape index (κ1) is 13.4. The minimum Gasteiger partial charge on any atom is -0.477 e. The van der Waals surface area contributed by atoms with Crippen LogP contribution in [0.25, 0.3) is 11.3 Å². The highest BCUT2D eigenvalue weighted by Gasteiger charge is 2.13.